The van der Waals surface area contributed by atoms with E-state index in [2.05, 4.69) is 4.72 Å². The Morgan fingerprint density at radius 2 is 2.14 bits per heavy atom. The number of nitrogens with one attached hydrogen (secondary N) is 1. The molecule has 0 bridgehead atoms. The normalized spacial score (nSPS) is 18.9. The maximum atomic E-state index is 12.6. The minimum absolute atomic E-state index is 0.0317. The van der Waals surface area contributed by atoms with E-state index in [1.807, 2.05) is 20.8 Å². The number of benzene rings is 1. The first-order chi connectivity index (χ1) is 10.3. The van der Waals surface area contributed by atoms with Crippen LogP contribution in [0, 0.1) is 6.92 Å². The van der Waals surface area contributed by atoms with E-state index in [1.54, 1.807) is 12.1 Å². The van der Waals surface area contributed by atoms with Crippen molar-refractivity contribution in [1.82, 2.24) is 4.72 Å². The molecular weight excluding hydrogens is 302 g/mol. The van der Waals surface area contributed by atoms with Gasteiger partial charge in [0.15, 0.2) is 0 Å². The van der Waals surface area contributed by atoms with Crippen molar-refractivity contribution >= 4 is 10.0 Å². The number of ether oxygens (including phenoxy) is 2. The van der Waals surface area contributed by atoms with E-state index in [4.69, 9.17) is 9.47 Å². The molecule has 0 radical (unpaired) electrons. The third kappa shape index (κ3) is 3.80. The maximum Gasteiger partial charge on any atom is 0.244 e. The third-order valence-corrected chi connectivity index (χ3v) is 5.43. The van der Waals surface area contributed by atoms with Gasteiger partial charge in [0, 0.05) is 13.2 Å². The van der Waals surface area contributed by atoms with Crippen LogP contribution in [0.25, 0.3) is 0 Å². The highest BCUT2D eigenvalue weighted by molar-refractivity contribution is 7.89. The van der Waals surface area contributed by atoms with Crippen LogP contribution in [0.4, 0.5) is 0 Å². The molecule has 5 nitrogen and oxygen atoms in total. The number of methoxy groups -OCH3 is 1. The summed E-state index contributed by atoms with van der Waals surface area (Å²) in [5.74, 6) is 0.625. The summed E-state index contributed by atoms with van der Waals surface area (Å²) in [7, 11) is -2.13. The molecule has 0 saturated carbocycles. The average Bonchev–Trinajstić information content (AvgIpc) is 2.97. The van der Waals surface area contributed by atoms with Gasteiger partial charge in [0.2, 0.25) is 10.0 Å². The van der Waals surface area contributed by atoms with E-state index < -0.39 is 10.0 Å². The van der Waals surface area contributed by atoms with Crippen molar-refractivity contribution in [1.29, 1.82) is 0 Å². The van der Waals surface area contributed by atoms with Gasteiger partial charge in [-0.1, -0.05) is 13.8 Å². The minimum Gasteiger partial charge on any atom is -0.495 e. The van der Waals surface area contributed by atoms with Crippen LogP contribution in [0.15, 0.2) is 17.0 Å². The van der Waals surface area contributed by atoms with Gasteiger partial charge in [-0.2, -0.15) is 0 Å². The summed E-state index contributed by atoms with van der Waals surface area (Å²) in [5, 5.41) is 0. The van der Waals surface area contributed by atoms with Gasteiger partial charge in [-0.25, -0.2) is 13.1 Å². The molecule has 124 valence electrons. The van der Waals surface area contributed by atoms with Gasteiger partial charge in [0.25, 0.3) is 0 Å². The summed E-state index contributed by atoms with van der Waals surface area (Å²) in [4.78, 5) is 0.197. The van der Waals surface area contributed by atoms with Gasteiger partial charge in [0.05, 0.1) is 13.2 Å². The van der Waals surface area contributed by atoms with Crippen molar-refractivity contribution < 1.29 is 17.9 Å². The molecule has 0 amide bonds. The number of aryl methyl sites for hydroxylation is 1. The highest BCUT2D eigenvalue weighted by atomic mass is 32.2. The quantitative estimate of drug-likeness (QED) is 0.872. The summed E-state index contributed by atoms with van der Waals surface area (Å²) < 4.78 is 38.6. The zero-order valence-corrected chi connectivity index (χ0v) is 14.5. The molecule has 0 aromatic heterocycles. The van der Waals surface area contributed by atoms with Gasteiger partial charge >= 0.3 is 0 Å². The number of hydrogen-bond acceptors (Lipinski definition) is 4. The highest BCUT2D eigenvalue weighted by Gasteiger charge is 2.24. The Kier molecular flexibility index (Phi) is 5.47. The van der Waals surface area contributed by atoms with Crippen molar-refractivity contribution in [2.24, 2.45) is 0 Å². The zero-order valence-electron chi connectivity index (χ0n) is 13.7. The predicted octanol–water partition coefficient (Wildman–Crippen LogP) is 2.58. The first-order valence-electron chi connectivity index (χ1n) is 7.65. The van der Waals surface area contributed by atoms with Crippen LogP contribution in [0.5, 0.6) is 5.75 Å². The molecule has 1 saturated heterocycles. The number of sulfonamides is 1. The van der Waals surface area contributed by atoms with Crippen LogP contribution in [-0.2, 0) is 14.8 Å². The molecule has 1 fully saturated rings. The van der Waals surface area contributed by atoms with Gasteiger partial charge in [-0.05, 0) is 48.9 Å². The topological polar surface area (TPSA) is 64.6 Å². The van der Waals surface area contributed by atoms with Gasteiger partial charge in [-0.15, -0.1) is 0 Å². The third-order valence-electron chi connectivity index (χ3n) is 3.99. The summed E-state index contributed by atoms with van der Waals surface area (Å²) in [6, 6.07) is 3.51. The summed E-state index contributed by atoms with van der Waals surface area (Å²) in [6.07, 6.45) is 1.85. The summed E-state index contributed by atoms with van der Waals surface area (Å²) in [5.41, 5.74) is 2.04. The number of hydrogen-bond donors (Lipinski definition) is 1. The van der Waals surface area contributed by atoms with Crippen molar-refractivity contribution in [3.8, 4) is 5.75 Å². The Balaban J connectivity index is 2.29. The van der Waals surface area contributed by atoms with Crippen LogP contribution in [0.2, 0.25) is 0 Å². The lowest BCUT2D eigenvalue weighted by molar-refractivity contribution is 0.114. The molecule has 0 unspecified atom stereocenters. The van der Waals surface area contributed by atoms with Crippen LogP contribution < -0.4 is 9.46 Å². The molecule has 1 aromatic rings. The highest BCUT2D eigenvalue weighted by Crippen LogP contribution is 2.31. The van der Waals surface area contributed by atoms with Crippen LogP contribution in [0.1, 0.15) is 43.7 Å². The Morgan fingerprint density at radius 3 is 2.68 bits per heavy atom. The Morgan fingerprint density at radius 1 is 1.41 bits per heavy atom. The lowest BCUT2D eigenvalue weighted by Gasteiger charge is -2.17. The standard InChI is InChI=1S/C16H25NO4S/c1-11(2)14-9-16(15(20-4)8-12(14)3)22(18,19)17-10-13-6-5-7-21-13/h8-9,11,13,17H,5-7,10H2,1-4H3/t13-/m0/s1. The molecular formula is C16H25NO4S. The van der Waals surface area contributed by atoms with Crippen molar-refractivity contribution in [3.63, 3.8) is 0 Å². The fraction of sp³-hybridized carbons (Fsp3) is 0.625. The van der Waals surface area contributed by atoms with Gasteiger partial charge in [0.1, 0.15) is 10.6 Å². The molecule has 1 atom stereocenters. The molecule has 1 heterocycles. The van der Waals surface area contributed by atoms with Crippen LogP contribution >= 0.6 is 0 Å². The molecule has 2 rings (SSSR count). The molecule has 22 heavy (non-hydrogen) atoms. The van der Waals surface area contributed by atoms with E-state index >= 15 is 0 Å². The summed E-state index contributed by atoms with van der Waals surface area (Å²) >= 11 is 0. The smallest absolute Gasteiger partial charge is 0.244 e. The van der Waals surface area contributed by atoms with E-state index in [0.717, 1.165) is 24.0 Å². The van der Waals surface area contributed by atoms with E-state index in [9.17, 15) is 8.42 Å². The monoisotopic (exact) mass is 327 g/mol. The van der Waals surface area contributed by atoms with Gasteiger partial charge in [-0.3, -0.25) is 0 Å². The van der Waals surface area contributed by atoms with Crippen molar-refractivity contribution in [2.45, 2.75) is 50.5 Å². The predicted molar refractivity (Wildman–Crippen MR) is 86.0 cm³/mol. The second-order valence-electron chi connectivity index (χ2n) is 6.00. The van der Waals surface area contributed by atoms with Crippen LogP contribution in [-0.4, -0.2) is 34.8 Å². The Hall–Kier alpha value is -1.11. The SMILES string of the molecule is COc1cc(C)c(C(C)C)cc1S(=O)(=O)NC[C@@H]1CCCO1. The van der Waals surface area contributed by atoms with E-state index in [-0.39, 0.29) is 16.9 Å². The first-order valence-corrected chi connectivity index (χ1v) is 9.13. The minimum atomic E-state index is -3.62. The van der Waals surface area contributed by atoms with Gasteiger partial charge < -0.3 is 9.47 Å². The Bertz CT molecular complexity index is 619. The zero-order chi connectivity index (χ0) is 16.3. The second kappa shape index (κ2) is 6.98. The van der Waals surface area contributed by atoms with E-state index in [0.29, 0.717) is 18.9 Å². The maximum absolute atomic E-state index is 12.6. The van der Waals surface area contributed by atoms with Crippen molar-refractivity contribution in [3.05, 3.63) is 23.3 Å². The molecule has 1 N–H and O–H groups in total. The molecule has 1 aromatic carbocycles. The van der Waals surface area contributed by atoms with Crippen molar-refractivity contribution in [2.75, 3.05) is 20.3 Å². The summed E-state index contributed by atoms with van der Waals surface area (Å²) in [6.45, 7) is 7.07. The molecule has 6 heteroatoms. The number of rotatable bonds is 6. The first kappa shape index (κ1) is 17.2. The second-order valence-corrected chi connectivity index (χ2v) is 7.74. The average molecular weight is 327 g/mol. The molecule has 1 aliphatic rings. The Labute approximate surface area is 133 Å². The fourth-order valence-electron chi connectivity index (χ4n) is 2.75. The molecule has 0 aliphatic carbocycles. The molecule has 0 spiro atoms. The largest absolute Gasteiger partial charge is 0.495 e. The fourth-order valence-corrected chi connectivity index (χ4v) is 4.00. The van der Waals surface area contributed by atoms with E-state index in [1.165, 1.54) is 7.11 Å². The lowest BCUT2D eigenvalue weighted by atomic mass is 9.98. The lowest BCUT2D eigenvalue weighted by Crippen LogP contribution is -2.32. The molecule has 1 aliphatic heterocycles. The van der Waals surface area contributed by atoms with Crippen LogP contribution in [0.3, 0.4) is 0 Å².